The molecular formula is C19H17IN4O3S. The third-order valence-electron chi connectivity index (χ3n) is 3.74. The number of halogens is 1. The molecule has 0 radical (unpaired) electrons. The van der Waals surface area contributed by atoms with Gasteiger partial charge in [0.1, 0.15) is 0 Å². The van der Waals surface area contributed by atoms with Crippen LogP contribution in [0.2, 0.25) is 0 Å². The van der Waals surface area contributed by atoms with Crippen LogP contribution in [0.4, 0.5) is 11.6 Å². The average Bonchev–Trinajstić information content (AvgIpc) is 2.61. The Hall–Kier alpha value is -2.53. The van der Waals surface area contributed by atoms with Crippen molar-refractivity contribution < 1.29 is 13.2 Å². The first-order valence-electron chi connectivity index (χ1n) is 8.25. The summed E-state index contributed by atoms with van der Waals surface area (Å²) in [5.74, 6) is -0.248. The number of carbonyl (C=O) groups is 1. The van der Waals surface area contributed by atoms with Crippen molar-refractivity contribution in [1.82, 2.24) is 9.97 Å². The first-order valence-corrected chi connectivity index (χ1v) is 10.8. The Bertz CT molecular complexity index is 1090. The highest BCUT2D eigenvalue weighted by molar-refractivity contribution is 14.1. The number of anilines is 2. The van der Waals surface area contributed by atoms with Gasteiger partial charge in [-0.05, 0) is 91.0 Å². The van der Waals surface area contributed by atoms with Gasteiger partial charge in [0, 0.05) is 26.2 Å². The summed E-state index contributed by atoms with van der Waals surface area (Å²) >= 11 is 2.16. The van der Waals surface area contributed by atoms with Crippen LogP contribution >= 0.6 is 22.6 Å². The van der Waals surface area contributed by atoms with Crippen LogP contribution in [0.15, 0.2) is 59.5 Å². The van der Waals surface area contributed by atoms with Crippen LogP contribution in [0.5, 0.6) is 0 Å². The quantitative estimate of drug-likeness (QED) is 0.512. The van der Waals surface area contributed by atoms with Crippen LogP contribution in [0.1, 0.15) is 21.7 Å². The number of aromatic nitrogens is 2. The molecule has 0 spiro atoms. The minimum absolute atomic E-state index is 0.0218. The van der Waals surface area contributed by atoms with Gasteiger partial charge in [-0.2, -0.15) is 0 Å². The maximum absolute atomic E-state index is 12.5. The standard InChI is InChI=1S/C19H17IN4O3S/c1-12-11-13(2)22-19(21-12)24-28(26,27)17-9-7-16(8-10-17)23-18(25)14-3-5-15(20)6-4-14/h3-11H,1-2H3,(H,23,25)(H,21,22,24). The molecule has 1 amide bonds. The van der Waals surface area contributed by atoms with E-state index in [9.17, 15) is 13.2 Å². The highest BCUT2D eigenvalue weighted by atomic mass is 127. The first kappa shape index (κ1) is 20.2. The molecule has 0 fully saturated rings. The number of aryl methyl sites for hydroxylation is 2. The minimum atomic E-state index is -3.84. The molecule has 0 aliphatic carbocycles. The highest BCUT2D eigenvalue weighted by Crippen LogP contribution is 2.18. The predicted octanol–water partition coefficient (Wildman–Crippen LogP) is 3.75. The molecule has 7 nitrogen and oxygen atoms in total. The number of sulfonamides is 1. The van der Waals surface area contributed by atoms with Crippen molar-refractivity contribution in [3.05, 3.63) is 75.1 Å². The number of benzene rings is 2. The summed E-state index contributed by atoms with van der Waals surface area (Å²) in [5.41, 5.74) is 2.34. The Morgan fingerprint density at radius 1 is 0.929 bits per heavy atom. The maximum atomic E-state index is 12.5. The number of carbonyl (C=O) groups excluding carboxylic acids is 1. The lowest BCUT2D eigenvalue weighted by molar-refractivity contribution is 0.102. The SMILES string of the molecule is Cc1cc(C)nc(NS(=O)(=O)c2ccc(NC(=O)c3ccc(I)cc3)cc2)n1. The van der Waals surface area contributed by atoms with Gasteiger partial charge in [-0.1, -0.05) is 0 Å². The van der Waals surface area contributed by atoms with Crippen molar-refractivity contribution in [2.24, 2.45) is 0 Å². The fourth-order valence-corrected chi connectivity index (χ4v) is 3.78. The summed E-state index contributed by atoms with van der Waals surface area (Å²) < 4.78 is 28.5. The van der Waals surface area contributed by atoms with Crippen molar-refractivity contribution in [2.75, 3.05) is 10.0 Å². The van der Waals surface area contributed by atoms with Gasteiger partial charge in [0.05, 0.1) is 4.90 Å². The molecule has 3 aromatic rings. The fraction of sp³-hybridized carbons (Fsp3) is 0.105. The molecule has 0 unspecified atom stereocenters. The molecule has 144 valence electrons. The number of hydrogen-bond acceptors (Lipinski definition) is 5. The number of hydrogen-bond donors (Lipinski definition) is 2. The minimum Gasteiger partial charge on any atom is -0.322 e. The van der Waals surface area contributed by atoms with Gasteiger partial charge in [0.25, 0.3) is 15.9 Å². The topological polar surface area (TPSA) is 101 Å². The molecule has 0 bridgehead atoms. The molecule has 9 heteroatoms. The average molecular weight is 508 g/mol. The molecule has 3 rings (SSSR count). The van der Waals surface area contributed by atoms with Gasteiger partial charge in [-0.25, -0.2) is 23.1 Å². The predicted molar refractivity (Wildman–Crippen MR) is 116 cm³/mol. The first-order chi connectivity index (χ1) is 13.2. The van der Waals surface area contributed by atoms with Gasteiger partial charge in [0.2, 0.25) is 5.95 Å². The van der Waals surface area contributed by atoms with E-state index in [-0.39, 0.29) is 16.8 Å². The molecule has 0 saturated heterocycles. The third-order valence-corrected chi connectivity index (χ3v) is 5.80. The van der Waals surface area contributed by atoms with Crippen molar-refractivity contribution in [2.45, 2.75) is 18.7 Å². The Morgan fingerprint density at radius 3 is 2.07 bits per heavy atom. The zero-order valence-electron chi connectivity index (χ0n) is 15.1. The second-order valence-electron chi connectivity index (χ2n) is 6.07. The van der Waals surface area contributed by atoms with Crippen LogP contribution in [0.25, 0.3) is 0 Å². The Morgan fingerprint density at radius 2 is 1.50 bits per heavy atom. The third kappa shape index (κ3) is 5.04. The lowest BCUT2D eigenvalue weighted by atomic mass is 10.2. The molecule has 0 aliphatic heterocycles. The number of nitrogens with one attached hydrogen (secondary N) is 2. The fourth-order valence-electron chi connectivity index (χ4n) is 2.47. The monoisotopic (exact) mass is 508 g/mol. The summed E-state index contributed by atoms with van der Waals surface area (Å²) in [4.78, 5) is 20.5. The summed E-state index contributed by atoms with van der Waals surface area (Å²) in [6.07, 6.45) is 0. The van der Waals surface area contributed by atoms with E-state index in [2.05, 4.69) is 42.6 Å². The number of amides is 1. The van der Waals surface area contributed by atoms with E-state index in [0.29, 0.717) is 22.6 Å². The normalized spacial score (nSPS) is 11.1. The Balaban J connectivity index is 1.73. The van der Waals surface area contributed by atoms with E-state index in [4.69, 9.17) is 0 Å². The van der Waals surface area contributed by atoms with E-state index in [1.54, 1.807) is 32.0 Å². The highest BCUT2D eigenvalue weighted by Gasteiger charge is 2.16. The van der Waals surface area contributed by atoms with Crippen molar-refractivity contribution >= 4 is 50.2 Å². The van der Waals surface area contributed by atoms with Crippen molar-refractivity contribution in [1.29, 1.82) is 0 Å². The molecule has 1 heterocycles. The molecule has 1 aromatic heterocycles. The number of nitrogens with zero attached hydrogens (tertiary/aromatic N) is 2. The van der Waals surface area contributed by atoms with Crippen LogP contribution in [0, 0.1) is 17.4 Å². The summed E-state index contributed by atoms with van der Waals surface area (Å²) in [6, 6.07) is 14.8. The second-order valence-corrected chi connectivity index (χ2v) is 8.99. The maximum Gasteiger partial charge on any atom is 0.264 e. The van der Waals surface area contributed by atoms with Gasteiger partial charge in [-0.15, -0.1) is 0 Å². The van der Waals surface area contributed by atoms with E-state index in [1.807, 2.05) is 12.1 Å². The summed E-state index contributed by atoms with van der Waals surface area (Å²) in [6.45, 7) is 3.52. The molecule has 0 saturated carbocycles. The van der Waals surface area contributed by atoms with Gasteiger partial charge in [-0.3, -0.25) is 4.79 Å². The van der Waals surface area contributed by atoms with Crippen molar-refractivity contribution in [3.63, 3.8) is 0 Å². The van der Waals surface area contributed by atoms with Gasteiger partial charge < -0.3 is 5.32 Å². The van der Waals surface area contributed by atoms with E-state index < -0.39 is 10.0 Å². The van der Waals surface area contributed by atoms with Crippen LogP contribution in [-0.4, -0.2) is 24.3 Å². The summed E-state index contributed by atoms with van der Waals surface area (Å²) in [5, 5.41) is 2.74. The molecule has 2 N–H and O–H groups in total. The van der Waals surface area contributed by atoms with Gasteiger partial charge in [0.15, 0.2) is 0 Å². The zero-order valence-corrected chi connectivity index (χ0v) is 18.1. The molecule has 28 heavy (non-hydrogen) atoms. The molecule has 2 aromatic carbocycles. The van der Waals surface area contributed by atoms with Crippen LogP contribution < -0.4 is 10.0 Å². The van der Waals surface area contributed by atoms with Gasteiger partial charge >= 0.3 is 0 Å². The molecule has 0 atom stereocenters. The second kappa shape index (κ2) is 8.23. The number of rotatable bonds is 5. The lowest BCUT2D eigenvalue weighted by Gasteiger charge is -2.09. The van der Waals surface area contributed by atoms with E-state index >= 15 is 0 Å². The zero-order chi connectivity index (χ0) is 20.3. The van der Waals surface area contributed by atoms with Crippen LogP contribution in [0.3, 0.4) is 0 Å². The van der Waals surface area contributed by atoms with Crippen LogP contribution in [-0.2, 0) is 10.0 Å². The smallest absolute Gasteiger partial charge is 0.264 e. The van der Waals surface area contributed by atoms with Crippen molar-refractivity contribution in [3.8, 4) is 0 Å². The Kier molecular flexibility index (Phi) is 5.94. The molecule has 0 aliphatic rings. The van der Waals surface area contributed by atoms with E-state index in [0.717, 1.165) is 3.57 Å². The Labute approximate surface area is 176 Å². The van der Waals surface area contributed by atoms with E-state index in [1.165, 1.54) is 24.3 Å². The summed E-state index contributed by atoms with van der Waals surface area (Å²) in [7, 11) is -3.84. The lowest BCUT2D eigenvalue weighted by Crippen LogP contribution is -2.16. The largest absolute Gasteiger partial charge is 0.322 e. The molecular weight excluding hydrogens is 491 g/mol.